The van der Waals surface area contributed by atoms with Gasteiger partial charge in [-0.2, -0.15) is 0 Å². The molecule has 0 atom stereocenters. The molecule has 0 aromatic heterocycles. The highest BCUT2D eigenvalue weighted by Gasteiger charge is 2.22. The van der Waals surface area contributed by atoms with Crippen molar-refractivity contribution in [2.24, 2.45) is 0 Å². The molecule has 0 unspecified atom stereocenters. The minimum absolute atomic E-state index is 0.0885. The van der Waals surface area contributed by atoms with Gasteiger partial charge in [0.2, 0.25) is 3.79 Å². The first-order valence-corrected chi connectivity index (χ1v) is 8.07. The molecule has 1 rings (SSSR count). The second kappa shape index (κ2) is 6.37. The molecule has 5 nitrogen and oxygen atoms in total. The average molecular weight is 367 g/mol. The number of benzene rings is 1. The Bertz CT molecular complexity index is 553. The van der Waals surface area contributed by atoms with Crippen molar-refractivity contribution in [2.45, 2.75) is 8.69 Å². The lowest BCUT2D eigenvalue weighted by Crippen LogP contribution is -2.21. The topological polar surface area (TPSA) is 72.5 Å². The van der Waals surface area contributed by atoms with E-state index in [2.05, 4.69) is 10.1 Å². The summed E-state index contributed by atoms with van der Waals surface area (Å²) in [4.78, 5) is 11.2. The molecule has 1 aromatic rings. The zero-order chi connectivity index (χ0) is 14.7. The van der Waals surface area contributed by atoms with Crippen LogP contribution < -0.4 is 5.32 Å². The minimum atomic E-state index is -3.80. The van der Waals surface area contributed by atoms with Crippen LogP contribution in [0.5, 0.6) is 0 Å². The molecule has 106 valence electrons. The average Bonchev–Trinajstić information content (AvgIpc) is 2.25. The Kier molecular flexibility index (Phi) is 5.58. The smallest absolute Gasteiger partial charge is 0.411 e. The quantitative estimate of drug-likeness (QED) is 0.656. The van der Waals surface area contributed by atoms with Gasteiger partial charge >= 0.3 is 6.09 Å². The Balaban J connectivity index is 2.61. The number of anilines is 1. The van der Waals surface area contributed by atoms with Crippen LogP contribution in [0.1, 0.15) is 0 Å². The number of nitrogens with one attached hydrogen (secondary N) is 1. The number of amides is 1. The number of carbonyl (C=O) groups excluding carboxylic acids is 1. The summed E-state index contributed by atoms with van der Waals surface area (Å²) < 4.78 is 24.9. The van der Waals surface area contributed by atoms with Crippen molar-refractivity contribution < 1.29 is 17.9 Å². The van der Waals surface area contributed by atoms with Crippen molar-refractivity contribution in [2.75, 3.05) is 11.9 Å². The summed E-state index contributed by atoms with van der Waals surface area (Å²) in [6.45, 7) is -0.419. The number of carbonyl (C=O) groups is 1. The van der Waals surface area contributed by atoms with Crippen molar-refractivity contribution in [1.29, 1.82) is 0 Å². The van der Waals surface area contributed by atoms with Gasteiger partial charge in [0.15, 0.2) is 0 Å². The molecule has 1 amide bonds. The van der Waals surface area contributed by atoms with E-state index in [1.54, 1.807) is 0 Å². The summed E-state index contributed by atoms with van der Waals surface area (Å²) in [5, 5.41) is 2.32. The molecule has 0 heterocycles. The molecule has 1 aromatic carbocycles. The predicted molar refractivity (Wildman–Crippen MR) is 74.7 cm³/mol. The molecule has 0 spiro atoms. The first kappa shape index (κ1) is 16.7. The Morgan fingerprint density at radius 2 is 1.74 bits per heavy atom. The first-order chi connectivity index (χ1) is 8.58. The molecule has 0 saturated carbocycles. The number of hydrogen-bond donors (Lipinski definition) is 1. The summed E-state index contributed by atoms with van der Waals surface area (Å²) in [6, 6.07) is 5.14. The second-order valence-electron chi connectivity index (χ2n) is 3.28. The van der Waals surface area contributed by atoms with Gasteiger partial charge in [0, 0.05) is 16.4 Å². The van der Waals surface area contributed by atoms with Crippen LogP contribution in [0.4, 0.5) is 10.5 Å². The molecule has 0 aliphatic rings. The van der Waals surface area contributed by atoms with Crippen molar-refractivity contribution in [1.82, 2.24) is 0 Å². The Hall–Kier alpha value is -0.400. The van der Waals surface area contributed by atoms with Gasteiger partial charge in [0.1, 0.15) is 6.61 Å². The zero-order valence-corrected chi connectivity index (χ0v) is 12.9. The molecule has 0 bridgehead atoms. The largest absolute Gasteiger partial charge is 0.445 e. The van der Waals surface area contributed by atoms with E-state index in [0.717, 1.165) is 0 Å². The fourth-order valence-corrected chi connectivity index (χ4v) is 1.94. The highest BCUT2D eigenvalue weighted by atomic mass is 35.7. The number of rotatable bonds is 3. The Labute approximate surface area is 129 Å². The fraction of sp³-hybridized carbons (Fsp3) is 0.222. The highest BCUT2D eigenvalue weighted by Crippen LogP contribution is 2.26. The lowest BCUT2D eigenvalue weighted by Gasteiger charge is -2.12. The molecule has 10 heteroatoms. The SMILES string of the molecule is O=C(Nc1ccc(S(=O)(=O)Cl)cc1)OCC(Cl)(Cl)Cl. The second-order valence-corrected chi connectivity index (χ2v) is 8.36. The normalized spacial score (nSPS) is 12.0. The van der Waals surface area contributed by atoms with Gasteiger partial charge in [0.05, 0.1) is 4.90 Å². The van der Waals surface area contributed by atoms with Gasteiger partial charge in [-0.25, -0.2) is 13.2 Å². The summed E-state index contributed by atoms with van der Waals surface area (Å²) in [7, 11) is 1.33. The fourth-order valence-electron chi connectivity index (χ4n) is 1.00. The van der Waals surface area contributed by atoms with Crippen LogP contribution in [0.3, 0.4) is 0 Å². The van der Waals surface area contributed by atoms with E-state index in [1.165, 1.54) is 24.3 Å². The molecule has 0 aliphatic heterocycles. The van der Waals surface area contributed by atoms with Crippen LogP contribution in [-0.2, 0) is 13.8 Å². The van der Waals surface area contributed by atoms with Gasteiger partial charge in [-0.15, -0.1) is 0 Å². The lowest BCUT2D eigenvalue weighted by molar-refractivity contribution is 0.164. The number of halogens is 4. The summed E-state index contributed by atoms with van der Waals surface area (Å²) in [5.74, 6) is 0. The maximum Gasteiger partial charge on any atom is 0.411 e. The minimum Gasteiger partial charge on any atom is -0.445 e. The van der Waals surface area contributed by atoms with Gasteiger partial charge in [-0.05, 0) is 24.3 Å². The molecule has 0 radical (unpaired) electrons. The molecular weight excluding hydrogens is 360 g/mol. The van der Waals surface area contributed by atoms with Crippen molar-refractivity contribution in [3.8, 4) is 0 Å². The summed E-state index contributed by atoms with van der Waals surface area (Å²) >= 11 is 16.2. The summed E-state index contributed by atoms with van der Waals surface area (Å²) in [5.41, 5.74) is 0.304. The van der Waals surface area contributed by atoms with E-state index in [4.69, 9.17) is 45.5 Å². The van der Waals surface area contributed by atoms with Crippen molar-refractivity contribution in [3.05, 3.63) is 24.3 Å². The van der Waals surface area contributed by atoms with Crippen LogP contribution in [0, 0.1) is 0 Å². The number of hydrogen-bond acceptors (Lipinski definition) is 4. The maximum atomic E-state index is 11.3. The third kappa shape index (κ3) is 6.54. The number of alkyl halides is 3. The van der Waals surface area contributed by atoms with Crippen LogP contribution in [0.2, 0.25) is 0 Å². The van der Waals surface area contributed by atoms with Crippen LogP contribution in [0.15, 0.2) is 29.2 Å². The monoisotopic (exact) mass is 365 g/mol. The van der Waals surface area contributed by atoms with Gasteiger partial charge in [-0.3, -0.25) is 5.32 Å². The van der Waals surface area contributed by atoms with Crippen LogP contribution in [0.25, 0.3) is 0 Å². The molecule has 1 N–H and O–H groups in total. The maximum absolute atomic E-state index is 11.3. The van der Waals surface area contributed by atoms with Gasteiger partial charge in [0.25, 0.3) is 9.05 Å². The molecule has 0 aliphatic carbocycles. The Morgan fingerprint density at radius 3 is 2.16 bits per heavy atom. The van der Waals surface area contributed by atoms with E-state index in [1.807, 2.05) is 0 Å². The molecule has 19 heavy (non-hydrogen) atoms. The van der Waals surface area contributed by atoms with E-state index in [0.29, 0.717) is 5.69 Å². The summed E-state index contributed by atoms with van der Waals surface area (Å²) in [6.07, 6.45) is -0.840. The standard InChI is InChI=1S/C9H7Cl4NO4S/c10-9(11,12)5-18-8(15)14-6-1-3-7(4-2-6)19(13,16)17/h1-4H,5H2,(H,14,15). The Morgan fingerprint density at radius 1 is 1.21 bits per heavy atom. The van der Waals surface area contributed by atoms with E-state index in [9.17, 15) is 13.2 Å². The van der Waals surface area contributed by atoms with Crippen molar-refractivity contribution >= 4 is 66.3 Å². The molecule has 0 saturated heterocycles. The highest BCUT2D eigenvalue weighted by molar-refractivity contribution is 8.13. The zero-order valence-electron chi connectivity index (χ0n) is 9.07. The predicted octanol–water partition coefficient (Wildman–Crippen LogP) is 3.53. The van der Waals surface area contributed by atoms with E-state index >= 15 is 0 Å². The van der Waals surface area contributed by atoms with E-state index in [-0.39, 0.29) is 4.90 Å². The third-order valence-corrected chi connectivity index (χ3v) is 3.45. The first-order valence-electron chi connectivity index (χ1n) is 4.63. The number of ether oxygens (including phenoxy) is 1. The molecular formula is C9H7Cl4NO4S. The van der Waals surface area contributed by atoms with Gasteiger partial charge in [-0.1, -0.05) is 34.8 Å². The molecule has 0 fully saturated rings. The third-order valence-electron chi connectivity index (χ3n) is 1.75. The lowest BCUT2D eigenvalue weighted by atomic mass is 10.3. The van der Waals surface area contributed by atoms with Crippen LogP contribution in [-0.4, -0.2) is 24.9 Å². The van der Waals surface area contributed by atoms with E-state index < -0.39 is 25.5 Å². The van der Waals surface area contributed by atoms with Crippen molar-refractivity contribution in [3.63, 3.8) is 0 Å². The van der Waals surface area contributed by atoms with Gasteiger partial charge < -0.3 is 4.74 Å². The van der Waals surface area contributed by atoms with Crippen LogP contribution >= 0.6 is 45.5 Å².